The molecule has 9 heteroatoms. The highest BCUT2D eigenvalue weighted by Gasteiger charge is 2.56. The van der Waals surface area contributed by atoms with Gasteiger partial charge in [0.05, 0.1) is 10.9 Å². The number of nitrogens with zero attached hydrogens (tertiary/aromatic N) is 1. The van der Waals surface area contributed by atoms with Gasteiger partial charge in [0.2, 0.25) is 11.8 Å². The molecule has 2 N–H and O–H groups in total. The molecule has 5 rings (SSSR count). The van der Waals surface area contributed by atoms with Gasteiger partial charge in [-0.2, -0.15) is 0 Å². The molecule has 0 aliphatic carbocycles. The molecular weight excluding hydrogens is 436 g/mol. The fourth-order valence-electron chi connectivity index (χ4n) is 4.24. The summed E-state index contributed by atoms with van der Waals surface area (Å²) in [5, 5.41) is 8.95. The van der Waals surface area contributed by atoms with Crippen molar-refractivity contribution in [3.05, 3.63) is 74.7 Å². The minimum absolute atomic E-state index is 0.245. The Morgan fingerprint density at radius 1 is 0.968 bits per heavy atom. The van der Waals surface area contributed by atoms with Crippen LogP contribution in [0.25, 0.3) is 11.1 Å². The molecule has 31 heavy (non-hydrogen) atoms. The third kappa shape index (κ3) is 3.30. The van der Waals surface area contributed by atoms with E-state index in [1.807, 2.05) is 54.6 Å². The van der Waals surface area contributed by atoms with Crippen molar-refractivity contribution in [3.8, 4) is 11.1 Å². The largest absolute Gasteiger partial charge is 0.480 e. The Balaban J connectivity index is 1.58. The lowest BCUT2D eigenvalue weighted by Gasteiger charge is -2.30. The standard InChI is InChI=1S/C22H16N2O5S2/c25-14(26)10-24-20(27)16-15(17-19(23-22(29)31-17)30-18(16)21(24)28)13-8-6-12(7-9-13)11-4-2-1-3-5-11/h1-9,15-16,18H,10H2,(H,23,29)(H,25,26)/t15-,16+,18-/m0/s1. The summed E-state index contributed by atoms with van der Waals surface area (Å²) in [4.78, 5) is 53.3. The molecule has 0 spiro atoms. The number of carboxylic acid groups (broad SMARTS) is 1. The minimum Gasteiger partial charge on any atom is -0.480 e. The van der Waals surface area contributed by atoms with Gasteiger partial charge < -0.3 is 10.1 Å². The summed E-state index contributed by atoms with van der Waals surface area (Å²) >= 11 is 2.17. The highest BCUT2D eigenvalue weighted by Crippen LogP contribution is 2.52. The van der Waals surface area contributed by atoms with Crippen LogP contribution in [-0.2, 0) is 14.4 Å². The first-order valence-corrected chi connectivity index (χ1v) is 11.3. The van der Waals surface area contributed by atoms with Crippen LogP contribution in [0, 0.1) is 5.92 Å². The fourth-order valence-corrected chi connectivity index (χ4v) is 6.78. The molecule has 2 aromatic carbocycles. The second-order valence-electron chi connectivity index (χ2n) is 7.39. The lowest BCUT2D eigenvalue weighted by atomic mass is 9.82. The maximum atomic E-state index is 13.1. The number of hydrogen-bond acceptors (Lipinski definition) is 6. The highest BCUT2D eigenvalue weighted by molar-refractivity contribution is 8.00. The molecule has 0 unspecified atom stereocenters. The van der Waals surface area contributed by atoms with Gasteiger partial charge in [0.25, 0.3) is 0 Å². The number of aromatic amines is 1. The first-order chi connectivity index (χ1) is 14.9. The van der Waals surface area contributed by atoms with Crippen molar-refractivity contribution in [1.82, 2.24) is 9.88 Å². The zero-order chi connectivity index (χ0) is 21.7. The number of carbonyl (C=O) groups excluding carboxylic acids is 2. The van der Waals surface area contributed by atoms with Crippen molar-refractivity contribution in [2.45, 2.75) is 16.2 Å². The fraction of sp³-hybridized carbons (Fsp3) is 0.182. The average molecular weight is 453 g/mol. The first-order valence-electron chi connectivity index (χ1n) is 9.56. The number of benzene rings is 2. The Hall–Kier alpha value is -3.17. The topological polar surface area (TPSA) is 108 Å². The number of fused-ring (bicyclic) bond motifs is 2. The summed E-state index contributed by atoms with van der Waals surface area (Å²) in [7, 11) is 0. The molecule has 3 heterocycles. The van der Waals surface area contributed by atoms with E-state index in [2.05, 4.69) is 4.98 Å². The molecule has 7 nitrogen and oxygen atoms in total. The van der Waals surface area contributed by atoms with E-state index in [4.69, 9.17) is 5.11 Å². The number of carboxylic acids is 1. The van der Waals surface area contributed by atoms with Gasteiger partial charge in [0, 0.05) is 10.8 Å². The SMILES string of the molecule is O=C(O)CN1C(=O)[C@@H]2[C@H](c3ccc(-c4ccccc4)cc3)c3sc(=O)[nH]c3S[C@@H]2C1=O. The van der Waals surface area contributed by atoms with Crippen LogP contribution in [0.3, 0.4) is 0 Å². The summed E-state index contributed by atoms with van der Waals surface area (Å²) in [6, 6.07) is 17.6. The Labute approximate surface area is 184 Å². The first kappa shape index (κ1) is 19.8. The number of thioether (sulfide) groups is 1. The smallest absolute Gasteiger partial charge is 0.323 e. The molecular formula is C22H16N2O5S2. The number of H-pyrrole nitrogens is 1. The number of hydrogen-bond donors (Lipinski definition) is 2. The number of rotatable bonds is 4. The van der Waals surface area contributed by atoms with E-state index in [9.17, 15) is 19.2 Å². The Kier molecular flexibility index (Phi) is 4.79. The normalized spacial score (nSPS) is 22.3. The van der Waals surface area contributed by atoms with E-state index >= 15 is 0 Å². The molecule has 1 saturated heterocycles. The van der Waals surface area contributed by atoms with Gasteiger partial charge in [-0.25, -0.2) is 0 Å². The van der Waals surface area contributed by atoms with Crippen LogP contribution >= 0.6 is 23.1 Å². The summed E-state index contributed by atoms with van der Waals surface area (Å²) in [6.07, 6.45) is 0. The Morgan fingerprint density at radius 2 is 1.65 bits per heavy atom. The van der Waals surface area contributed by atoms with Crippen molar-refractivity contribution < 1.29 is 19.5 Å². The summed E-state index contributed by atoms with van der Waals surface area (Å²) < 4.78 is 0. The lowest BCUT2D eigenvalue weighted by Crippen LogP contribution is -2.36. The van der Waals surface area contributed by atoms with Gasteiger partial charge in [-0.15, -0.1) is 0 Å². The zero-order valence-corrected chi connectivity index (χ0v) is 17.6. The number of amides is 2. The average Bonchev–Trinajstić information content (AvgIpc) is 3.25. The van der Waals surface area contributed by atoms with Gasteiger partial charge in [-0.3, -0.25) is 24.1 Å². The third-order valence-corrected chi connectivity index (χ3v) is 7.99. The van der Waals surface area contributed by atoms with Gasteiger partial charge in [-0.1, -0.05) is 77.7 Å². The molecule has 3 atom stereocenters. The molecule has 1 fully saturated rings. The Morgan fingerprint density at radius 3 is 2.32 bits per heavy atom. The molecule has 2 aliphatic rings. The predicted molar refractivity (Wildman–Crippen MR) is 116 cm³/mol. The van der Waals surface area contributed by atoms with Crippen molar-refractivity contribution in [2.24, 2.45) is 5.92 Å². The number of likely N-dealkylation sites (tertiary alicyclic amines) is 1. The van der Waals surface area contributed by atoms with Crippen LogP contribution < -0.4 is 4.87 Å². The summed E-state index contributed by atoms with van der Waals surface area (Å²) in [5.41, 5.74) is 2.87. The number of aromatic nitrogens is 1. The van der Waals surface area contributed by atoms with Crippen molar-refractivity contribution >= 4 is 40.9 Å². The molecule has 2 amide bonds. The van der Waals surface area contributed by atoms with Crippen molar-refractivity contribution in [2.75, 3.05) is 6.54 Å². The van der Waals surface area contributed by atoms with Crippen molar-refractivity contribution in [3.63, 3.8) is 0 Å². The zero-order valence-electron chi connectivity index (χ0n) is 16.0. The van der Waals surface area contributed by atoms with E-state index < -0.39 is 41.4 Å². The molecule has 3 aromatic rings. The molecule has 156 valence electrons. The molecule has 1 aromatic heterocycles. The van der Waals surface area contributed by atoms with Crippen LogP contribution in [0.1, 0.15) is 16.4 Å². The van der Waals surface area contributed by atoms with E-state index in [1.165, 1.54) is 0 Å². The number of aliphatic carboxylic acids is 1. The molecule has 0 bridgehead atoms. The van der Waals surface area contributed by atoms with E-state index in [0.29, 0.717) is 9.90 Å². The third-order valence-electron chi connectivity index (χ3n) is 5.59. The maximum absolute atomic E-state index is 13.1. The van der Waals surface area contributed by atoms with Gasteiger partial charge in [0.1, 0.15) is 11.8 Å². The number of imide groups is 1. The van der Waals surface area contributed by atoms with Crippen LogP contribution in [0.4, 0.5) is 0 Å². The van der Waals surface area contributed by atoms with Crippen molar-refractivity contribution in [1.29, 1.82) is 0 Å². The van der Waals surface area contributed by atoms with E-state index in [0.717, 1.165) is 44.7 Å². The monoisotopic (exact) mass is 452 g/mol. The van der Waals surface area contributed by atoms with E-state index in [1.54, 1.807) is 0 Å². The second-order valence-corrected chi connectivity index (χ2v) is 9.56. The van der Waals surface area contributed by atoms with Crippen LogP contribution in [0.5, 0.6) is 0 Å². The highest BCUT2D eigenvalue weighted by atomic mass is 32.2. The Bertz CT molecular complexity index is 1250. The molecule has 0 radical (unpaired) electrons. The maximum Gasteiger partial charge on any atom is 0.323 e. The summed E-state index contributed by atoms with van der Waals surface area (Å²) in [6.45, 7) is -0.658. The predicted octanol–water partition coefficient (Wildman–Crippen LogP) is 2.78. The number of carbonyl (C=O) groups is 3. The van der Waals surface area contributed by atoms with Gasteiger partial charge >= 0.3 is 10.8 Å². The van der Waals surface area contributed by atoms with Crippen LogP contribution in [0.15, 0.2) is 64.4 Å². The van der Waals surface area contributed by atoms with E-state index in [-0.39, 0.29) is 4.87 Å². The quantitative estimate of drug-likeness (QED) is 0.590. The van der Waals surface area contributed by atoms with Gasteiger partial charge in [-0.05, 0) is 16.7 Å². The second kappa shape index (κ2) is 7.51. The molecule has 2 aliphatic heterocycles. The summed E-state index contributed by atoms with van der Waals surface area (Å²) in [5.74, 6) is -3.51. The van der Waals surface area contributed by atoms with Gasteiger partial charge in [0.15, 0.2) is 0 Å². The lowest BCUT2D eigenvalue weighted by molar-refractivity contribution is -0.149. The number of thiazole rings is 1. The van der Waals surface area contributed by atoms with Crippen LogP contribution in [0.2, 0.25) is 0 Å². The molecule has 0 saturated carbocycles. The minimum atomic E-state index is -1.24. The number of nitrogens with one attached hydrogen (secondary N) is 1. The van der Waals surface area contributed by atoms with Crippen LogP contribution in [-0.4, -0.2) is 44.6 Å².